The molecule has 1 aliphatic heterocycles. The van der Waals surface area contributed by atoms with E-state index in [1.54, 1.807) is 13.0 Å². The lowest BCUT2D eigenvalue weighted by molar-refractivity contribution is -0.658. The van der Waals surface area contributed by atoms with Crippen LogP contribution in [0.4, 0.5) is 0 Å². The van der Waals surface area contributed by atoms with Gasteiger partial charge in [0.05, 0.1) is 21.3 Å². The van der Waals surface area contributed by atoms with Crippen LogP contribution in [0.15, 0.2) is 70.1 Å². The summed E-state index contributed by atoms with van der Waals surface area (Å²) < 4.78 is 42.3. The van der Waals surface area contributed by atoms with Crippen LogP contribution < -0.4 is 5.32 Å². The summed E-state index contributed by atoms with van der Waals surface area (Å²) in [5.74, 6) is 0.266. The molecule has 5 rings (SSSR count). The van der Waals surface area contributed by atoms with Crippen molar-refractivity contribution in [2.45, 2.75) is 17.4 Å². The van der Waals surface area contributed by atoms with Crippen LogP contribution in [0.1, 0.15) is 16.5 Å². The number of rotatable bonds is 3. The summed E-state index contributed by atoms with van der Waals surface area (Å²) in [6.07, 6.45) is 7.54. The van der Waals surface area contributed by atoms with Crippen LogP contribution in [0.5, 0.6) is 0 Å². The predicted molar refractivity (Wildman–Crippen MR) is 107 cm³/mol. The summed E-state index contributed by atoms with van der Waals surface area (Å²) >= 11 is 1.51. The second-order valence-electron chi connectivity index (χ2n) is 6.85. The van der Waals surface area contributed by atoms with Crippen LogP contribution in [0.25, 0.3) is 21.3 Å². The van der Waals surface area contributed by atoms with E-state index >= 15 is 0 Å². The van der Waals surface area contributed by atoms with Crippen molar-refractivity contribution >= 4 is 42.8 Å². The molecular formula is C20H15N3O4S2. The number of benzene rings is 2. The third-order valence-electron chi connectivity index (χ3n) is 4.81. The molecule has 0 amide bonds. The summed E-state index contributed by atoms with van der Waals surface area (Å²) in [5.41, 5.74) is 0.875. The molecule has 2 N–H and O–H groups in total. The first kappa shape index (κ1) is 18.2. The van der Waals surface area contributed by atoms with Gasteiger partial charge in [0, 0.05) is 0 Å². The van der Waals surface area contributed by atoms with Crippen LogP contribution >= 0.6 is 11.3 Å². The number of nitrogens with zero attached hydrogens (tertiary/aromatic N) is 2. The molecular weight excluding hydrogens is 410 g/mol. The van der Waals surface area contributed by atoms with Crippen LogP contribution in [0.3, 0.4) is 0 Å². The number of nitrogens with two attached hydrogens (primary N) is 1. The van der Waals surface area contributed by atoms with Crippen LogP contribution in [-0.4, -0.2) is 22.9 Å². The fourth-order valence-electron chi connectivity index (χ4n) is 3.46. The minimum atomic E-state index is -4.71. The highest BCUT2D eigenvalue weighted by molar-refractivity contribution is 7.86. The van der Waals surface area contributed by atoms with Crippen molar-refractivity contribution in [1.29, 1.82) is 0 Å². The van der Waals surface area contributed by atoms with E-state index in [-0.39, 0.29) is 11.5 Å². The van der Waals surface area contributed by atoms with Gasteiger partial charge in [0.15, 0.2) is 10.6 Å². The summed E-state index contributed by atoms with van der Waals surface area (Å²) in [5, 5.41) is 2.65. The van der Waals surface area contributed by atoms with Crippen molar-refractivity contribution in [3.8, 4) is 0 Å². The van der Waals surface area contributed by atoms with E-state index in [4.69, 9.17) is 9.40 Å². The Morgan fingerprint density at radius 3 is 2.69 bits per heavy atom. The van der Waals surface area contributed by atoms with Gasteiger partial charge in [0.2, 0.25) is 5.54 Å². The maximum absolute atomic E-state index is 11.8. The smallest absolute Gasteiger partial charge is 0.270 e. The standard InChI is InChI=1S/C20H15N3O4S2/c1-12-10-14-17(16(11-12)29(24,25)26)27-18(22-14)20(8-4-5-9-21-20)19-23-13-6-2-3-7-15(13)28-19/h2-11,21H,1H3,(H,24,25,26). The van der Waals surface area contributed by atoms with Crippen LogP contribution in [0.2, 0.25) is 0 Å². The maximum Gasteiger partial charge on any atom is 0.270 e. The van der Waals surface area contributed by atoms with Crippen molar-refractivity contribution in [2.24, 2.45) is 0 Å². The first-order valence-corrected chi connectivity index (χ1v) is 11.0. The normalized spacial score (nSPS) is 19.4. The first-order valence-electron chi connectivity index (χ1n) is 8.81. The largest absolute Gasteiger partial charge is 0.744 e. The second-order valence-corrected chi connectivity index (χ2v) is 9.23. The van der Waals surface area contributed by atoms with Gasteiger partial charge in [-0.3, -0.25) is 5.32 Å². The Morgan fingerprint density at radius 2 is 1.97 bits per heavy atom. The Balaban J connectivity index is 1.79. The van der Waals surface area contributed by atoms with Crippen LogP contribution in [0, 0.1) is 6.92 Å². The number of para-hydroxylation sites is 1. The highest BCUT2D eigenvalue weighted by atomic mass is 32.2. The van der Waals surface area contributed by atoms with Crippen molar-refractivity contribution < 1.29 is 22.7 Å². The highest BCUT2D eigenvalue weighted by Crippen LogP contribution is 2.36. The molecule has 29 heavy (non-hydrogen) atoms. The van der Waals surface area contributed by atoms with Gasteiger partial charge in [-0.1, -0.05) is 18.2 Å². The third-order valence-corrected chi connectivity index (χ3v) is 6.84. The summed E-state index contributed by atoms with van der Waals surface area (Å²) in [6.45, 7) is 1.71. The number of fused-ring (bicyclic) bond motifs is 2. The van der Waals surface area contributed by atoms with Gasteiger partial charge in [0.1, 0.15) is 15.6 Å². The summed E-state index contributed by atoms with van der Waals surface area (Å²) in [6, 6.07) is 10.8. The zero-order chi connectivity index (χ0) is 20.2. The fourth-order valence-corrected chi connectivity index (χ4v) is 5.27. The van der Waals surface area contributed by atoms with E-state index in [1.807, 2.05) is 54.0 Å². The molecule has 0 saturated heterocycles. The van der Waals surface area contributed by atoms with Gasteiger partial charge in [-0.05, 0) is 48.9 Å². The Kier molecular flexibility index (Phi) is 3.97. The van der Waals surface area contributed by atoms with E-state index < -0.39 is 20.6 Å². The summed E-state index contributed by atoms with van der Waals surface area (Å²) in [4.78, 5) is 8.93. The predicted octanol–water partition coefficient (Wildman–Crippen LogP) is 2.54. The number of aromatic nitrogens is 2. The van der Waals surface area contributed by atoms with Gasteiger partial charge in [-0.15, -0.1) is 11.3 Å². The lowest BCUT2D eigenvalue weighted by Crippen LogP contribution is -2.90. The average molecular weight is 425 g/mol. The topological polar surface area (TPSA) is 113 Å². The van der Waals surface area contributed by atoms with Crippen molar-refractivity contribution in [1.82, 2.24) is 9.97 Å². The van der Waals surface area contributed by atoms with E-state index in [0.29, 0.717) is 11.1 Å². The SMILES string of the molecule is Cc1cc(S(=O)(=O)[O-])c2oc(C3(c4nc5ccccc5s4)C=CC=C[NH2+]3)nc2c1. The third kappa shape index (κ3) is 2.90. The lowest BCUT2D eigenvalue weighted by atomic mass is 9.98. The van der Waals surface area contributed by atoms with E-state index in [1.165, 1.54) is 17.4 Å². The molecule has 0 bridgehead atoms. The lowest BCUT2D eigenvalue weighted by Gasteiger charge is -2.22. The molecule has 1 aliphatic rings. The Bertz CT molecular complexity index is 1400. The Hall–Kier alpha value is -2.85. The minimum absolute atomic E-state index is 0.0301. The molecule has 146 valence electrons. The Labute approximate surface area is 170 Å². The zero-order valence-electron chi connectivity index (χ0n) is 15.2. The molecule has 4 aromatic rings. The molecule has 2 aromatic heterocycles. The maximum atomic E-state index is 11.8. The molecule has 3 heterocycles. The summed E-state index contributed by atoms with van der Waals surface area (Å²) in [7, 11) is -4.71. The molecule has 0 radical (unpaired) electrons. The Morgan fingerprint density at radius 1 is 1.14 bits per heavy atom. The molecule has 0 fully saturated rings. The monoisotopic (exact) mass is 425 g/mol. The number of aryl methyl sites for hydroxylation is 1. The number of oxazole rings is 1. The minimum Gasteiger partial charge on any atom is -0.744 e. The molecule has 9 heteroatoms. The van der Waals surface area contributed by atoms with Crippen molar-refractivity contribution in [3.05, 3.63) is 77.3 Å². The number of hydrogen-bond acceptors (Lipinski definition) is 7. The molecule has 0 aliphatic carbocycles. The molecule has 2 aromatic carbocycles. The molecule has 7 nitrogen and oxygen atoms in total. The molecule has 1 atom stereocenters. The van der Waals surface area contributed by atoms with E-state index in [9.17, 15) is 13.0 Å². The molecule has 0 spiro atoms. The second kappa shape index (κ2) is 6.33. The van der Waals surface area contributed by atoms with Crippen molar-refractivity contribution in [2.75, 3.05) is 0 Å². The quantitative estimate of drug-likeness (QED) is 0.505. The van der Waals surface area contributed by atoms with Gasteiger partial charge in [-0.25, -0.2) is 18.4 Å². The van der Waals surface area contributed by atoms with E-state index in [2.05, 4.69) is 4.98 Å². The van der Waals surface area contributed by atoms with Gasteiger partial charge < -0.3 is 8.97 Å². The van der Waals surface area contributed by atoms with E-state index in [0.717, 1.165) is 15.2 Å². The van der Waals surface area contributed by atoms with Crippen LogP contribution in [-0.2, 0) is 15.7 Å². The van der Waals surface area contributed by atoms with Gasteiger partial charge in [0.25, 0.3) is 5.89 Å². The van der Waals surface area contributed by atoms with Gasteiger partial charge in [-0.2, -0.15) is 0 Å². The number of quaternary nitrogens is 1. The highest BCUT2D eigenvalue weighted by Gasteiger charge is 2.45. The fraction of sp³-hybridized carbons (Fsp3) is 0.100. The zero-order valence-corrected chi connectivity index (χ0v) is 16.8. The number of hydrogen-bond donors (Lipinski definition) is 1. The average Bonchev–Trinajstić information content (AvgIpc) is 3.31. The van der Waals surface area contributed by atoms with Crippen molar-refractivity contribution in [3.63, 3.8) is 0 Å². The molecule has 1 unspecified atom stereocenters. The van der Waals surface area contributed by atoms with Gasteiger partial charge >= 0.3 is 0 Å². The number of thiazole rings is 1. The molecule has 0 saturated carbocycles. The number of allylic oxidation sites excluding steroid dienone is 2. The first-order chi connectivity index (χ1) is 13.9.